The normalized spacial score (nSPS) is 15.9. The van der Waals surface area contributed by atoms with Crippen LogP contribution in [0.5, 0.6) is 0 Å². The molecule has 0 amide bonds. The first-order valence-electron chi connectivity index (χ1n) is 7.52. The Hall–Kier alpha value is -1.55. The zero-order valence-corrected chi connectivity index (χ0v) is 12.4. The van der Waals surface area contributed by atoms with Crippen LogP contribution in [-0.4, -0.2) is 31.7 Å². The van der Waals surface area contributed by atoms with Crippen molar-refractivity contribution in [1.29, 1.82) is 0 Å². The molecule has 0 spiro atoms. The fourth-order valence-corrected chi connectivity index (χ4v) is 2.65. The van der Waals surface area contributed by atoms with E-state index in [4.69, 9.17) is 4.74 Å². The predicted molar refractivity (Wildman–Crippen MR) is 81.3 cm³/mol. The zero-order chi connectivity index (χ0) is 14.4. The third kappa shape index (κ3) is 3.51. The molecular formula is C16H24N2O2. The molecule has 0 aliphatic carbocycles. The first-order chi connectivity index (χ1) is 9.76. The molecule has 1 fully saturated rings. The second-order valence-corrected chi connectivity index (χ2v) is 5.08. The van der Waals surface area contributed by atoms with Crippen molar-refractivity contribution < 1.29 is 9.53 Å². The Balaban J connectivity index is 2.23. The first kappa shape index (κ1) is 14.9. The van der Waals surface area contributed by atoms with E-state index in [0.29, 0.717) is 18.2 Å². The van der Waals surface area contributed by atoms with Crippen molar-refractivity contribution in [3.63, 3.8) is 0 Å². The smallest absolute Gasteiger partial charge is 0.340 e. The van der Waals surface area contributed by atoms with Crippen LogP contribution in [0, 0.1) is 0 Å². The number of rotatable bonds is 5. The molecule has 1 aliphatic rings. The monoisotopic (exact) mass is 276 g/mol. The molecule has 4 nitrogen and oxygen atoms in total. The molecule has 1 saturated heterocycles. The number of carbonyl (C=O) groups excluding carboxylic acids is 1. The zero-order valence-electron chi connectivity index (χ0n) is 12.4. The van der Waals surface area contributed by atoms with Crippen LogP contribution in [0.2, 0.25) is 0 Å². The number of esters is 1. The highest BCUT2D eigenvalue weighted by Crippen LogP contribution is 2.24. The Morgan fingerprint density at radius 3 is 2.75 bits per heavy atom. The first-order valence-corrected chi connectivity index (χ1v) is 7.52. The lowest BCUT2D eigenvalue weighted by Crippen LogP contribution is -2.35. The third-order valence-corrected chi connectivity index (χ3v) is 3.71. The summed E-state index contributed by atoms with van der Waals surface area (Å²) in [4.78, 5) is 12.2. The number of piperidine rings is 1. The van der Waals surface area contributed by atoms with E-state index in [1.807, 2.05) is 25.1 Å². The minimum absolute atomic E-state index is 0.221. The van der Waals surface area contributed by atoms with Gasteiger partial charge in [-0.2, -0.15) is 0 Å². The van der Waals surface area contributed by atoms with E-state index in [9.17, 15) is 4.79 Å². The van der Waals surface area contributed by atoms with Crippen LogP contribution in [-0.2, 0) is 11.2 Å². The number of aryl methyl sites for hydroxylation is 1. The van der Waals surface area contributed by atoms with Gasteiger partial charge in [0, 0.05) is 11.7 Å². The van der Waals surface area contributed by atoms with Crippen molar-refractivity contribution in [2.75, 3.05) is 25.0 Å². The van der Waals surface area contributed by atoms with Gasteiger partial charge in [0.1, 0.15) is 0 Å². The highest BCUT2D eigenvalue weighted by atomic mass is 16.5. The number of nitrogens with one attached hydrogen (secondary N) is 2. The van der Waals surface area contributed by atoms with E-state index >= 15 is 0 Å². The van der Waals surface area contributed by atoms with Crippen LogP contribution in [0.15, 0.2) is 18.2 Å². The molecular weight excluding hydrogens is 252 g/mol. The molecule has 0 saturated carbocycles. The number of benzene rings is 1. The van der Waals surface area contributed by atoms with Gasteiger partial charge in [0.15, 0.2) is 0 Å². The molecule has 0 atom stereocenters. The molecule has 0 radical (unpaired) electrons. The van der Waals surface area contributed by atoms with E-state index in [-0.39, 0.29) is 5.97 Å². The summed E-state index contributed by atoms with van der Waals surface area (Å²) in [5.41, 5.74) is 2.66. The number of carbonyl (C=O) groups is 1. The maximum absolute atomic E-state index is 12.2. The Labute approximate surface area is 120 Å². The van der Waals surface area contributed by atoms with Gasteiger partial charge in [0.25, 0.3) is 0 Å². The van der Waals surface area contributed by atoms with Crippen molar-refractivity contribution in [2.24, 2.45) is 0 Å². The van der Waals surface area contributed by atoms with Crippen LogP contribution in [0.3, 0.4) is 0 Å². The van der Waals surface area contributed by atoms with Gasteiger partial charge in [-0.25, -0.2) is 4.79 Å². The highest BCUT2D eigenvalue weighted by molar-refractivity contribution is 5.97. The average molecular weight is 276 g/mol. The molecule has 110 valence electrons. The number of hydrogen-bond acceptors (Lipinski definition) is 4. The van der Waals surface area contributed by atoms with Gasteiger partial charge < -0.3 is 15.4 Å². The topological polar surface area (TPSA) is 50.4 Å². The summed E-state index contributed by atoms with van der Waals surface area (Å²) < 4.78 is 5.21. The van der Waals surface area contributed by atoms with Gasteiger partial charge in [0.2, 0.25) is 0 Å². The molecule has 4 heteroatoms. The van der Waals surface area contributed by atoms with Gasteiger partial charge in [-0.05, 0) is 50.9 Å². The van der Waals surface area contributed by atoms with Crippen molar-refractivity contribution in [3.8, 4) is 0 Å². The van der Waals surface area contributed by atoms with Crippen LogP contribution < -0.4 is 10.6 Å². The lowest BCUT2D eigenvalue weighted by atomic mass is 10.0. The summed E-state index contributed by atoms with van der Waals surface area (Å²) in [7, 11) is 0. The average Bonchev–Trinajstić information content (AvgIpc) is 2.48. The lowest BCUT2D eigenvalue weighted by molar-refractivity contribution is 0.0526. The Bertz CT molecular complexity index is 454. The summed E-state index contributed by atoms with van der Waals surface area (Å²) in [6.07, 6.45) is 2.99. The Kier molecular flexibility index (Phi) is 5.41. The summed E-state index contributed by atoms with van der Waals surface area (Å²) in [5.74, 6) is -0.221. The number of anilines is 1. The quantitative estimate of drug-likeness (QED) is 0.812. The minimum Gasteiger partial charge on any atom is -0.462 e. The van der Waals surface area contributed by atoms with Gasteiger partial charge in [-0.1, -0.05) is 19.1 Å². The Morgan fingerprint density at radius 1 is 1.35 bits per heavy atom. The molecule has 2 N–H and O–H groups in total. The van der Waals surface area contributed by atoms with Crippen LogP contribution in [0.4, 0.5) is 5.69 Å². The molecule has 1 aliphatic heterocycles. The van der Waals surface area contributed by atoms with Crippen molar-refractivity contribution in [3.05, 3.63) is 29.3 Å². The van der Waals surface area contributed by atoms with Crippen molar-refractivity contribution in [1.82, 2.24) is 5.32 Å². The summed E-state index contributed by atoms with van der Waals surface area (Å²) >= 11 is 0. The Morgan fingerprint density at radius 2 is 2.10 bits per heavy atom. The van der Waals surface area contributed by atoms with E-state index < -0.39 is 0 Å². The summed E-state index contributed by atoms with van der Waals surface area (Å²) in [6.45, 7) is 6.36. The molecule has 1 aromatic carbocycles. The summed E-state index contributed by atoms with van der Waals surface area (Å²) in [5, 5.41) is 6.87. The van der Waals surface area contributed by atoms with Crippen molar-refractivity contribution >= 4 is 11.7 Å². The van der Waals surface area contributed by atoms with Gasteiger partial charge >= 0.3 is 5.97 Å². The maximum Gasteiger partial charge on any atom is 0.340 e. The standard InChI is InChI=1S/C16H24N2O2/c1-3-12-6-5-7-14(15(12)16(19)20-4-2)18-13-8-10-17-11-9-13/h5-7,13,17-18H,3-4,8-11H2,1-2H3. The van der Waals surface area contributed by atoms with Crippen molar-refractivity contribution in [2.45, 2.75) is 39.2 Å². The van der Waals surface area contributed by atoms with Crippen LogP contribution in [0.25, 0.3) is 0 Å². The number of hydrogen-bond donors (Lipinski definition) is 2. The van der Waals surface area contributed by atoms with Gasteiger partial charge in [-0.15, -0.1) is 0 Å². The van der Waals surface area contributed by atoms with E-state index in [2.05, 4.69) is 17.6 Å². The second-order valence-electron chi connectivity index (χ2n) is 5.08. The molecule has 0 bridgehead atoms. The molecule has 1 heterocycles. The summed E-state index contributed by atoms with van der Waals surface area (Å²) in [6, 6.07) is 6.41. The fraction of sp³-hybridized carbons (Fsp3) is 0.562. The van der Waals surface area contributed by atoms with Crippen LogP contribution >= 0.6 is 0 Å². The molecule has 2 rings (SSSR count). The second kappa shape index (κ2) is 7.29. The third-order valence-electron chi connectivity index (χ3n) is 3.71. The predicted octanol–water partition coefficient (Wildman–Crippen LogP) is 2.59. The molecule has 0 aromatic heterocycles. The maximum atomic E-state index is 12.2. The van der Waals surface area contributed by atoms with Crippen LogP contribution in [0.1, 0.15) is 42.6 Å². The fourth-order valence-electron chi connectivity index (χ4n) is 2.65. The van der Waals surface area contributed by atoms with Gasteiger partial charge in [-0.3, -0.25) is 0 Å². The number of ether oxygens (including phenoxy) is 1. The van der Waals surface area contributed by atoms with E-state index in [1.54, 1.807) is 0 Å². The van der Waals surface area contributed by atoms with E-state index in [0.717, 1.165) is 43.6 Å². The SMILES string of the molecule is CCOC(=O)c1c(CC)cccc1NC1CCNCC1. The van der Waals surface area contributed by atoms with E-state index in [1.165, 1.54) is 0 Å². The largest absolute Gasteiger partial charge is 0.462 e. The lowest BCUT2D eigenvalue weighted by Gasteiger charge is -2.26. The molecule has 0 unspecified atom stereocenters. The molecule has 20 heavy (non-hydrogen) atoms. The minimum atomic E-state index is -0.221. The highest BCUT2D eigenvalue weighted by Gasteiger charge is 2.20. The van der Waals surface area contributed by atoms with Gasteiger partial charge in [0.05, 0.1) is 12.2 Å². The molecule has 1 aromatic rings.